The predicted molar refractivity (Wildman–Crippen MR) is 220 cm³/mol. The first kappa shape index (κ1) is 49.0. The number of fused-ring (bicyclic) bond motifs is 2. The molecule has 316 valence electrons. The van der Waals surface area contributed by atoms with Crippen molar-refractivity contribution in [3.8, 4) is 23.7 Å². The van der Waals surface area contributed by atoms with Crippen LogP contribution in [0.2, 0.25) is 0 Å². The zero-order valence-electron chi connectivity index (χ0n) is 35.8. The van der Waals surface area contributed by atoms with E-state index < -0.39 is 24.5 Å². The second-order valence-electron chi connectivity index (χ2n) is 18.6. The van der Waals surface area contributed by atoms with Gasteiger partial charge in [0.2, 0.25) is 0 Å². The quantitative estimate of drug-likeness (QED) is 0.0639. The maximum atomic E-state index is 11.9. The van der Waals surface area contributed by atoms with Gasteiger partial charge in [0.15, 0.2) is 5.60 Å². The zero-order chi connectivity index (χ0) is 41.2. The van der Waals surface area contributed by atoms with E-state index in [1.165, 1.54) is 31.2 Å². The van der Waals surface area contributed by atoms with Gasteiger partial charge in [-0.15, -0.1) is 0 Å². The molecule has 11 heteroatoms. The normalized spacial score (nSPS) is 32.8. The fourth-order valence-electron chi connectivity index (χ4n) is 11.0. The van der Waals surface area contributed by atoms with Crippen LogP contribution in [0.15, 0.2) is 23.3 Å². The van der Waals surface area contributed by atoms with E-state index in [9.17, 15) is 34.1 Å². The Bertz CT molecular complexity index is 1660. The molecular weight excluding hydrogens is 762 g/mol. The average Bonchev–Trinajstić information content (AvgIpc) is 3.86. The van der Waals surface area contributed by atoms with E-state index in [1.54, 1.807) is 6.92 Å². The first-order valence-electron chi connectivity index (χ1n) is 22.0. The van der Waals surface area contributed by atoms with Crippen LogP contribution in [0.5, 0.6) is 0 Å². The molecule has 9 nitrogen and oxygen atoms in total. The van der Waals surface area contributed by atoms with Crippen molar-refractivity contribution in [3.05, 3.63) is 23.3 Å². The molecule has 0 aromatic carbocycles. The van der Waals surface area contributed by atoms with E-state index in [4.69, 9.17) is 9.84 Å². The molecule has 0 radical (unpaired) electrons. The first-order valence-corrected chi connectivity index (χ1v) is 24.3. The molecule has 0 bridgehead atoms. The topological polar surface area (TPSA) is 161 Å². The van der Waals surface area contributed by atoms with Gasteiger partial charge >= 0.3 is 41.5 Å². The van der Waals surface area contributed by atoms with Gasteiger partial charge in [-0.05, 0) is 165 Å². The molecular formula is C47H68NaO9P. The molecule has 0 spiro atoms. The second kappa shape index (κ2) is 22.4. The number of carboxylic acid groups (broad SMARTS) is 1. The number of rotatable bonds is 11. The van der Waals surface area contributed by atoms with Crippen molar-refractivity contribution in [2.75, 3.05) is 12.8 Å². The molecule has 0 aromatic rings. The van der Waals surface area contributed by atoms with Crippen LogP contribution in [0, 0.1) is 65.1 Å². The van der Waals surface area contributed by atoms with Crippen LogP contribution in [0.3, 0.4) is 0 Å². The first-order chi connectivity index (χ1) is 27.0. The Labute approximate surface area is 370 Å². The second-order valence-corrected chi connectivity index (χ2v) is 21.1. The Morgan fingerprint density at radius 3 is 1.95 bits per heavy atom. The average molecular weight is 831 g/mol. The summed E-state index contributed by atoms with van der Waals surface area (Å²) >= 11 is 0. The van der Waals surface area contributed by atoms with Crippen molar-refractivity contribution in [1.29, 1.82) is 0 Å². The van der Waals surface area contributed by atoms with Crippen LogP contribution < -0.4 is 34.5 Å². The van der Waals surface area contributed by atoms with Crippen molar-refractivity contribution in [2.45, 2.75) is 172 Å². The Morgan fingerprint density at radius 1 is 0.828 bits per heavy atom. The van der Waals surface area contributed by atoms with Crippen LogP contribution in [-0.4, -0.2) is 63.2 Å². The van der Waals surface area contributed by atoms with Gasteiger partial charge in [-0.3, -0.25) is 9.59 Å². The molecule has 6 fully saturated rings. The molecule has 0 heterocycles. The third-order valence-electron chi connectivity index (χ3n) is 13.6. The fraction of sp³-hybridized carbons (Fsp3) is 0.766. The summed E-state index contributed by atoms with van der Waals surface area (Å²) in [6.45, 7) is 4.43. The molecule has 6 aliphatic rings. The van der Waals surface area contributed by atoms with Gasteiger partial charge in [0.05, 0.1) is 6.10 Å². The van der Waals surface area contributed by atoms with Crippen LogP contribution in [0.4, 0.5) is 0 Å². The molecule has 0 aromatic heterocycles. The summed E-state index contributed by atoms with van der Waals surface area (Å²) in [6, 6.07) is 0. The minimum Gasteiger partial charge on any atom is -0.799 e. The number of aliphatic hydroxyl groups is 2. The summed E-state index contributed by atoms with van der Waals surface area (Å²) < 4.78 is 17.0. The van der Waals surface area contributed by atoms with Gasteiger partial charge in [-0.25, -0.2) is 0 Å². The van der Waals surface area contributed by atoms with Gasteiger partial charge in [0.25, 0.3) is 0 Å². The third-order valence-corrected chi connectivity index (χ3v) is 14.8. The summed E-state index contributed by atoms with van der Waals surface area (Å²) in [6.07, 6.45) is 23.5. The van der Waals surface area contributed by atoms with E-state index in [1.807, 2.05) is 0 Å². The van der Waals surface area contributed by atoms with E-state index in [-0.39, 0.29) is 77.8 Å². The molecule has 9 atom stereocenters. The Morgan fingerprint density at radius 2 is 1.38 bits per heavy atom. The Kier molecular flexibility index (Phi) is 18.9. The number of carbonyl (C=O) groups excluding carboxylic acids is 2. The van der Waals surface area contributed by atoms with Crippen LogP contribution >= 0.6 is 7.37 Å². The van der Waals surface area contributed by atoms with Crippen molar-refractivity contribution in [2.24, 2.45) is 41.4 Å². The van der Waals surface area contributed by atoms with Gasteiger partial charge < -0.3 is 34.3 Å². The van der Waals surface area contributed by atoms with Crippen LogP contribution in [0.25, 0.3) is 0 Å². The standard InChI is InChI=1S/C26H36O5.C21H33O4P.Na/c1-18(27)14-21-17-22-15-20(8-4-5-9-25(29)30)16-24(22)23(21)10-13-26(31-19(2)28)11-6-3-7-12-26;1-26(24,25)12-6-3-7-16-13-17-15-20(22)18(19(17)14-16)8-11-21(23)9-4-2-5-10-21;/h8,21-24H,3-7,9,11-12,14-17H2,1-2H3,(H,29,30);7,17-20,22-23H,2-6,9-10,12-15H2,1H3,(H,24,25);/q;;+1/p-1/b20-8-;16-7-;/t21-,22?,23-,24?;17?,18-,19?,20+;/m01./s1. The molecule has 0 aliphatic heterocycles. The summed E-state index contributed by atoms with van der Waals surface area (Å²) in [5.41, 5.74) is 1.31. The third kappa shape index (κ3) is 14.8. The molecule has 0 saturated heterocycles. The minimum atomic E-state index is -3.15. The number of hydrogen-bond donors (Lipinski definition) is 3. The number of esters is 1. The molecule has 6 aliphatic carbocycles. The van der Waals surface area contributed by atoms with E-state index >= 15 is 0 Å². The molecule has 3 N–H and O–H groups in total. The summed E-state index contributed by atoms with van der Waals surface area (Å²) in [5, 5.41) is 29.9. The Hall–Kier alpha value is -1.68. The molecule has 6 rings (SSSR count). The number of allylic oxidation sites excluding steroid dienone is 4. The molecule has 5 unspecified atom stereocenters. The number of aliphatic carboxylic acids is 1. The summed E-state index contributed by atoms with van der Waals surface area (Å²) in [7, 11) is -3.15. The van der Waals surface area contributed by atoms with Crippen molar-refractivity contribution in [1.82, 2.24) is 0 Å². The number of unbranched alkanes of at least 4 members (excludes halogenated alkanes) is 2. The maximum Gasteiger partial charge on any atom is 1.00 e. The van der Waals surface area contributed by atoms with Crippen LogP contribution in [-0.2, 0) is 23.7 Å². The predicted octanol–water partition coefficient (Wildman–Crippen LogP) is 5.15. The number of ether oxygens (including phenoxy) is 1. The number of aliphatic hydroxyl groups excluding tert-OH is 1. The van der Waals surface area contributed by atoms with Gasteiger partial charge in [-0.1, -0.05) is 59.8 Å². The molecule has 58 heavy (non-hydrogen) atoms. The largest absolute Gasteiger partial charge is 1.00 e. The summed E-state index contributed by atoms with van der Waals surface area (Å²) in [5.74, 6) is 14.8. The number of hydrogen-bond acceptors (Lipinski definition) is 8. The van der Waals surface area contributed by atoms with Gasteiger partial charge in [0.1, 0.15) is 11.4 Å². The molecule has 6 saturated carbocycles. The van der Waals surface area contributed by atoms with Crippen molar-refractivity contribution >= 4 is 25.1 Å². The van der Waals surface area contributed by atoms with Crippen LogP contribution in [0.1, 0.15) is 155 Å². The maximum absolute atomic E-state index is 11.9. The van der Waals surface area contributed by atoms with Gasteiger partial charge in [-0.2, -0.15) is 0 Å². The molecule has 0 amide bonds. The zero-order valence-corrected chi connectivity index (χ0v) is 38.7. The van der Waals surface area contributed by atoms with Crippen molar-refractivity contribution in [3.63, 3.8) is 0 Å². The SMILES string of the molecule is CC(=O)C[C@H]1CC2C/C(=C/CCCC(=O)O)CC2[C@H]1C#CC1(OC(C)=O)CCCCC1.CP(=O)([O-])CCC/C=C1/CC2C[C@H](O)[C@H](C#CC3(O)CCCCC3)C2C1.[Na+]. The monoisotopic (exact) mass is 830 g/mol. The smallest absolute Gasteiger partial charge is 0.799 e. The van der Waals surface area contributed by atoms with E-state index in [2.05, 4.69) is 35.8 Å². The number of carboxylic acids is 1. The number of Topliss-reactive ketones (excluding diaryl/α,β-unsaturated/α-hetero) is 1. The number of carbonyl (C=O) groups is 3. The Balaban J connectivity index is 0.000000256. The van der Waals surface area contributed by atoms with Crippen molar-refractivity contribution < 1.29 is 73.5 Å². The van der Waals surface area contributed by atoms with E-state index in [0.29, 0.717) is 42.9 Å². The van der Waals surface area contributed by atoms with E-state index in [0.717, 1.165) is 109 Å². The minimum absolute atomic E-state index is 0. The summed E-state index contributed by atoms with van der Waals surface area (Å²) in [4.78, 5) is 45.6. The van der Waals surface area contributed by atoms with Gasteiger partial charge in [0, 0.05) is 39.0 Å². The fourth-order valence-corrected chi connectivity index (χ4v) is 11.8. The number of ketones is 1.